The Hall–Kier alpha value is -2.69. The third-order valence-corrected chi connectivity index (χ3v) is 4.90. The van der Waals surface area contributed by atoms with Crippen LogP contribution in [0.2, 0.25) is 0 Å². The molecule has 1 atom stereocenters. The van der Waals surface area contributed by atoms with E-state index in [9.17, 15) is 4.39 Å². The van der Waals surface area contributed by atoms with Gasteiger partial charge < -0.3 is 20.0 Å². The van der Waals surface area contributed by atoms with Crippen LogP contribution < -0.4 is 15.5 Å². The average molecular weight is 536 g/mol. The molecular weight excluding hydrogens is 510 g/mol. The minimum atomic E-state index is -0.295. The molecule has 3 aromatic rings. The number of hydrogen-bond donors (Lipinski definition) is 2. The minimum absolute atomic E-state index is 0. The van der Waals surface area contributed by atoms with Crippen molar-refractivity contribution in [2.75, 3.05) is 24.5 Å². The van der Waals surface area contributed by atoms with Gasteiger partial charge in [-0.2, -0.15) is 0 Å². The Labute approximate surface area is 198 Å². The normalized spacial score (nSPS) is 16.1. The highest BCUT2D eigenvalue weighted by Crippen LogP contribution is 2.21. The number of pyridine rings is 1. The lowest BCUT2D eigenvalue weighted by atomic mass is 10.2. The molecule has 0 amide bonds. The SMILES string of the molecule is CCNC(=NCc1ncc(-c2ccccc2)o1)NC1CCN(c2ncccc2F)C1.I. The zero-order chi connectivity index (χ0) is 20.8. The van der Waals surface area contributed by atoms with Gasteiger partial charge in [-0.25, -0.2) is 19.4 Å². The van der Waals surface area contributed by atoms with Crippen molar-refractivity contribution in [2.45, 2.75) is 25.9 Å². The molecule has 1 aromatic carbocycles. The summed E-state index contributed by atoms with van der Waals surface area (Å²) in [5.74, 6) is 2.07. The van der Waals surface area contributed by atoms with Crippen LogP contribution in [-0.2, 0) is 6.54 Å². The lowest BCUT2D eigenvalue weighted by molar-refractivity contribution is 0.508. The molecule has 1 aliphatic rings. The van der Waals surface area contributed by atoms with E-state index in [1.54, 1.807) is 18.5 Å². The van der Waals surface area contributed by atoms with Crippen molar-refractivity contribution in [3.63, 3.8) is 0 Å². The largest absolute Gasteiger partial charge is 0.439 e. The standard InChI is InChI=1S/C22H25FN6O.HI/c1-2-24-22(27-14-20-26-13-19(30-20)16-7-4-3-5-8-16)28-17-10-12-29(15-17)21-18(23)9-6-11-25-21;/h3-9,11,13,17H,2,10,12,14-15H2,1H3,(H2,24,27,28);1H. The van der Waals surface area contributed by atoms with Gasteiger partial charge in [-0.1, -0.05) is 30.3 Å². The van der Waals surface area contributed by atoms with E-state index >= 15 is 0 Å². The first-order valence-corrected chi connectivity index (χ1v) is 10.1. The summed E-state index contributed by atoms with van der Waals surface area (Å²) in [6, 6.07) is 13.0. The fraction of sp³-hybridized carbons (Fsp3) is 0.318. The van der Waals surface area contributed by atoms with Crippen LogP contribution in [0.25, 0.3) is 11.3 Å². The average Bonchev–Trinajstić information content (AvgIpc) is 3.43. The molecule has 2 aromatic heterocycles. The van der Waals surface area contributed by atoms with E-state index in [-0.39, 0.29) is 35.8 Å². The van der Waals surface area contributed by atoms with Crippen LogP contribution in [0.4, 0.5) is 10.2 Å². The number of aromatic nitrogens is 2. The van der Waals surface area contributed by atoms with Crippen LogP contribution in [0.5, 0.6) is 0 Å². The molecule has 2 N–H and O–H groups in total. The topological polar surface area (TPSA) is 78.6 Å². The maximum absolute atomic E-state index is 14.0. The number of aliphatic imine (C=N–C) groups is 1. The molecule has 3 heterocycles. The van der Waals surface area contributed by atoms with E-state index in [1.807, 2.05) is 42.2 Å². The van der Waals surface area contributed by atoms with Gasteiger partial charge in [0.1, 0.15) is 6.54 Å². The van der Waals surface area contributed by atoms with Gasteiger partial charge in [0.25, 0.3) is 0 Å². The highest BCUT2D eigenvalue weighted by molar-refractivity contribution is 14.0. The van der Waals surface area contributed by atoms with E-state index < -0.39 is 0 Å². The summed E-state index contributed by atoms with van der Waals surface area (Å²) in [7, 11) is 0. The first-order chi connectivity index (χ1) is 14.7. The van der Waals surface area contributed by atoms with Crippen LogP contribution in [0.3, 0.4) is 0 Å². The van der Waals surface area contributed by atoms with E-state index in [0.717, 1.165) is 30.8 Å². The first kappa shape index (κ1) is 23.0. The van der Waals surface area contributed by atoms with Gasteiger partial charge in [0.2, 0.25) is 5.89 Å². The fourth-order valence-electron chi connectivity index (χ4n) is 3.46. The van der Waals surface area contributed by atoms with Crippen LogP contribution in [0, 0.1) is 5.82 Å². The number of hydrogen-bond acceptors (Lipinski definition) is 5. The van der Waals surface area contributed by atoms with Crippen molar-refractivity contribution in [1.82, 2.24) is 20.6 Å². The van der Waals surface area contributed by atoms with E-state index in [0.29, 0.717) is 30.8 Å². The zero-order valence-electron chi connectivity index (χ0n) is 17.3. The predicted molar refractivity (Wildman–Crippen MR) is 130 cm³/mol. The second kappa shape index (κ2) is 11.1. The predicted octanol–water partition coefficient (Wildman–Crippen LogP) is 3.83. The molecule has 1 fully saturated rings. The summed E-state index contributed by atoms with van der Waals surface area (Å²) in [5, 5.41) is 6.67. The van der Waals surface area contributed by atoms with Crippen molar-refractivity contribution in [3.8, 4) is 11.3 Å². The number of anilines is 1. The monoisotopic (exact) mass is 536 g/mol. The number of benzene rings is 1. The van der Waals surface area contributed by atoms with Gasteiger partial charge >= 0.3 is 0 Å². The Balaban J connectivity index is 0.00000272. The number of oxazole rings is 1. The summed E-state index contributed by atoms with van der Waals surface area (Å²) < 4.78 is 19.8. The van der Waals surface area contributed by atoms with Crippen molar-refractivity contribution >= 4 is 35.8 Å². The molecule has 7 nitrogen and oxygen atoms in total. The molecule has 0 aliphatic carbocycles. The highest BCUT2D eigenvalue weighted by atomic mass is 127. The maximum Gasteiger partial charge on any atom is 0.216 e. The lowest BCUT2D eigenvalue weighted by Crippen LogP contribution is -2.44. The van der Waals surface area contributed by atoms with Gasteiger partial charge in [0.05, 0.1) is 6.20 Å². The molecule has 0 radical (unpaired) electrons. The first-order valence-electron chi connectivity index (χ1n) is 10.1. The Morgan fingerprint density at radius 1 is 1.23 bits per heavy atom. The van der Waals surface area contributed by atoms with Crippen LogP contribution in [-0.4, -0.2) is 41.6 Å². The Bertz CT molecular complexity index is 996. The molecule has 9 heteroatoms. The van der Waals surface area contributed by atoms with E-state index in [2.05, 4.69) is 25.6 Å². The van der Waals surface area contributed by atoms with Crippen molar-refractivity contribution in [2.24, 2.45) is 4.99 Å². The summed E-state index contributed by atoms with van der Waals surface area (Å²) in [5.41, 5.74) is 0.984. The van der Waals surface area contributed by atoms with Gasteiger partial charge in [0.15, 0.2) is 23.4 Å². The molecule has 1 saturated heterocycles. The van der Waals surface area contributed by atoms with Gasteiger partial charge in [-0.3, -0.25) is 0 Å². The maximum atomic E-state index is 14.0. The van der Waals surface area contributed by atoms with Crippen molar-refractivity contribution < 1.29 is 8.81 Å². The molecule has 1 unspecified atom stereocenters. The van der Waals surface area contributed by atoms with E-state index in [4.69, 9.17) is 4.42 Å². The van der Waals surface area contributed by atoms with Crippen LogP contribution in [0.1, 0.15) is 19.2 Å². The molecule has 31 heavy (non-hydrogen) atoms. The van der Waals surface area contributed by atoms with Crippen molar-refractivity contribution in [3.05, 3.63) is 66.6 Å². The Kier molecular flexibility index (Phi) is 8.21. The number of rotatable bonds is 6. The summed E-state index contributed by atoms with van der Waals surface area (Å²) in [4.78, 5) is 15.1. The number of guanidine groups is 1. The summed E-state index contributed by atoms with van der Waals surface area (Å²) in [6.45, 7) is 4.48. The summed E-state index contributed by atoms with van der Waals surface area (Å²) >= 11 is 0. The molecule has 0 saturated carbocycles. The van der Waals surface area contributed by atoms with Crippen LogP contribution in [0.15, 0.2) is 64.3 Å². The Morgan fingerprint density at radius 3 is 2.84 bits per heavy atom. The number of nitrogens with one attached hydrogen (secondary N) is 2. The molecule has 1 aliphatic heterocycles. The molecular formula is C22H26FIN6O. The highest BCUT2D eigenvalue weighted by Gasteiger charge is 2.26. The molecule has 0 bridgehead atoms. The van der Waals surface area contributed by atoms with E-state index in [1.165, 1.54) is 6.07 Å². The zero-order valence-corrected chi connectivity index (χ0v) is 19.6. The van der Waals surface area contributed by atoms with Gasteiger partial charge in [-0.05, 0) is 25.5 Å². The molecule has 164 valence electrons. The fourth-order valence-corrected chi connectivity index (χ4v) is 3.46. The summed E-state index contributed by atoms with van der Waals surface area (Å²) in [6.07, 6.45) is 4.21. The van der Waals surface area contributed by atoms with Gasteiger partial charge in [0, 0.05) is 37.4 Å². The molecule has 4 rings (SSSR count). The van der Waals surface area contributed by atoms with Crippen molar-refractivity contribution in [1.29, 1.82) is 0 Å². The molecule has 0 spiro atoms. The number of nitrogens with zero attached hydrogens (tertiary/aromatic N) is 4. The van der Waals surface area contributed by atoms with Gasteiger partial charge in [-0.15, -0.1) is 24.0 Å². The number of halogens is 2. The third kappa shape index (κ3) is 5.93. The van der Waals surface area contributed by atoms with Crippen LogP contribution >= 0.6 is 24.0 Å². The second-order valence-corrected chi connectivity index (χ2v) is 7.06. The third-order valence-electron chi connectivity index (χ3n) is 4.90. The smallest absolute Gasteiger partial charge is 0.216 e. The quantitative estimate of drug-likeness (QED) is 0.284. The minimum Gasteiger partial charge on any atom is -0.439 e. The second-order valence-electron chi connectivity index (χ2n) is 7.06. The lowest BCUT2D eigenvalue weighted by Gasteiger charge is -2.19. The Morgan fingerprint density at radius 2 is 2.06 bits per heavy atom.